The average Bonchev–Trinajstić information content (AvgIpc) is 2.45. The van der Waals surface area contributed by atoms with E-state index in [4.69, 9.17) is 5.73 Å². The molecule has 4 heteroatoms. The van der Waals surface area contributed by atoms with Gasteiger partial charge >= 0.3 is 0 Å². The standard InChI is InChI=1S/C17H22FN3/c1-4-21(11-15-7-5-6-12(2)20-15)17-9-8-14(18)10-16(17)13(3)19/h5-10,13H,4,11,19H2,1-3H3. The Morgan fingerprint density at radius 1 is 1.29 bits per heavy atom. The van der Waals surface area contributed by atoms with Gasteiger partial charge in [0, 0.05) is 24.0 Å². The first-order valence-corrected chi connectivity index (χ1v) is 7.23. The Morgan fingerprint density at radius 2 is 2.05 bits per heavy atom. The van der Waals surface area contributed by atoms with Gasteiger partial charge in [-0.2, -0.15) is 0 Å². The molecule has 0 aliphatic rings. The van der Waals surface area contributed by atoms with Crippen LogP contribution in [0.4, 0.5) is 10.1 Å². The summed E-state index contributed by atoms with van der Waals surface area (Å²) < 4.78 is 13.5. The molecule has 21 heavy (non-hydrogen) atoms. The third-order valence-electron chi connectivity index (χ3n) is 3.50. The summed E-state index contributed by atoms with van der Waals surface area (Å²) in [6.07, 6.45) is 0. The molecule has 0 bridgehead atoms. The molecule has 1 aromatic heterocycles. The predicted molar refractivity (Wildman–Crippen MR) is 84.7 cm³/mol. The van der Waals surface area contributed by atoms with E-state index in [0.29, 0.717) is 6.54 Å². The van der Waals surface area contributed by atoms with Crippen LogP contribution in [0.15, 0.2) is 36.4 Å². The number of hydrogen-bond acceptors (Lipinski definition) is 3. The summed E-state index contributed by atoms with van der Waals surface area (Å²) in [5.41, 5.74) is 9.77. The van der Waals surface area contributed by atoms with Gasteiger partial charge in [-0.25, -0.2) is 4.39 Å². The van der Waals surface area contributed by atoms with Gasteiger partial charge in [-0.15, -0.1) is 0 Å². The van der Waals surface area contributed by atoms with E-state index in [0.717, 1.165) is 29.2 Å². The maximum Gasteiger partial charge on any atom is 0.123 e. The Balaban J connectivity index is 2.33. The number of aryl methyl sites for hydroxylation is 1. The second-order valence-electron chi connectivity index (χ2n) is 5.28. The number of nitrogens with two attached hydrogens (primary N) is 1. The first kappa shape index (κ1) is 15.4. The maximum atomic E-state index is 13.5. The molecule has 112 valence electrons. The van der Waals surface area contributed by atoms with Crippen LogP contribution < -0.4 is 10.6 Å². The topological polar surface area (TPSA) is 42.2 Å². The lowest BCUT2D eigenvalue weighted by Gasteiger charge is -2.27. The zero-order valence-electron chi connectivity index (χ0n) is 12.8. The summed E-state index contributed by atoms with van der Waals surface area (Å²) >= 11 is 0. The van der Waals surface area contributed by atoms with E-state index in [9.17, 15) is 4.39 Å². The smallest absolute Gasteiger partial charge is 0.123 e. The third-order valence-corrected chi connectivity index (χ3v) is 3.50. The molecule has 0 amide bonds. The van der Waals surface area contributed by atoms with Gasteiger partial charge in [-0.05, 0) is 56.7 Å². The van der Waals surface area contributed by atoms with Crippen LogP contribution in [0.1, 0.15) is 36.8 Å². The molecule has 1 atom stereocenters. The van der Waals surface area contributed by atoms with Crippen molar-refractivity contribution >= 4 is 5.69 Å². The molecule has 1 aromatic carbocycles. The van der Waals surface area contributed by atoms with Crippen LogP contribution in [0.3, 0.4) is 0 Å². The van der Waals surface area contributed by atoms with E-state index in [2.05, 4.69) is 16.8 Å². The molecular formula is C17H22FN3. The Morgan fingerprint density at radius 3 is 2.67 bits per heavy atom. The fraction of sp³-hybridized carbons (Fsp3) is 0.353. The van der Waals surface area contributed by atoms with E-state index in [1.54, 1.807) is 6.07 Å². The van der Waals surface area contributed by atoms with Crippen LogP contribution in [0.25, 0.3) is 0 Å². The lowest BCUT2D eigenvalue weighted by Crippen LogP contribution is -2.25. The molecule has 0 aliphatic carbocycles. The summed E-state index contributed by atoms with van der Waals surface area (Å²) in [4.78, 5) is 6.70. The van der Waals surface area contributed by atoms with Crippen molar-refractivity contribution < 1.29 is 4.39 Å². The molecule has 1 heterocycles. The van der Waals surface area contributed by atoms with Crippen LogP contribution in [0.5, 0.6) is 0 Å². The lowest BCUT2D eigenvalue weighted by atomic mass is 10.1. The molecule has 0 fully saturated rings. The highest BCUT2D eigenvalue weighted by molar-refractivity contribution is 5.55. The SMILES string of the molecule is CCN(Cc1cccc(C)n1)c1ccc(F)cc1C(C)N. The van der Waals surface area contributed by atoms with Crippen LogP contribution in [-0.4, -0.2) is 11.5 Å². The van der Waals surface area contributed by atoms with Crippen molar-refractivity contribution in [2.75, 3.05) is 11.4 Å². The maximum absolute atomic E-state index is 13.5. The summed E-state index contributed by atoms with van der Waals surface area (Å²) in [6, 6.07) is 10.6. The Kier molecular flexibility index (Phi) is 4.91. The quantitative estimate of drug-likeness (QED) is 0.914. The van der Waals surface area contributed by atoms with Crippen molar-refractivity contribution in [3.8, 4) is 0 Å². The molecule has 0 saturated heterocycles. The van der Waals surface area contributed by atoms with Crippen LogP contribution in [-0.2, 0) is 6.54 Å². The van der Waals surface area contributed by atoms with Gasteiger partial charge in [0.25, 0.3) is 0 Å². The predicted octanol–water partition coefficient (Wildman–Crippen LogP) is 3.58. The molecule has 0 radical (unpaired) electrons. The molecule has 3 nitrogen and oxygen atoms in total. The molecule has 2 N–H and O–H groups in total. The molecule has 1 unspecified atom stereocenters. The van der Waals surface area contributed by atoms with Crippen LogP contribution in [0, 0.1) is 12.7 Å². The summed E-state index contributed by atoms with van der Waals surface area (Å²) in [5, 5.41) is 0. The second kappa shape index (κ2) is 6.68. The lowest BCUT2D eigenvalue weighted by molar-refractivity contribution is 0.621. The molecular weight excluding hydrogens is 265 g/mol. The minimum atomic E-state index is -0.254. The Bertz CT molecular complexity index is 611. The van der Waals surface area contributed by atoms with Gasteiger partial charge in [0.2, 0.25) is 0 Å². The van der Waals surface area contributed by atoms with E-state index in [1.165, 1.54) is 12.1 Å². The highest BCUT2D eigenvalue weighted by atomic mass is 19.1. The molecule has 2 rings (SSSR count). The van der Waals surface area contributed by atoms with Gasteiger partial charge < -0.3 is 10.6 Å². The number of pyridine rings is 1. The van der Waals surface area contributed by atoms with E-state index >= 15 is 0 Å². The zero-order valence-corrected chi connectivity index (χ0v) is 12.8. The number of aromatic nitrogens is 1. The number of hydrogen-bond donors (Lipinski definition) is 1. The Labute approximate surface area is 125 Å². The molecule has 0 saturated carbocycles. The van der Waals surface area contributed by atoms with Crippen molar-refractivity contribution in [1.82, 2.24) is 4.98 Å². The van der Waals surface area contributed by atoms with E-state index < -0.39 is 0 Å². The van der Waals surface area contributed by atoms with Crippen LogP contribution in [0.2, 0.25) is 0 Å². The van der Waals surface area contributed by atoms with E-state index in [-0.39, 0.29) is 11.9 Å². The number of rotatable bonds is 5. The van der Waals surface area contributed by atoms with Crippen molar-refractivity contribution in [1.29, 1.82) is 0 Å². The van der Waals surface area contributed by atoms with Gasteiger partial charge in [-0.3, -0.25) is 4.98 Å². The van der Waals surface area contributed by atoms with Crippen molar-refractivity contribution in [2.45, 2.75) is 33.4 Å². The number of anilines is 1. The summed E-state index contributed by atoms with van der Waals surface area (Å²) in [5.74, 6) is -0.254. The summed E-state index contributed by atoms with van der Waals surface area (Å²) in [6.45, 7) is 7.41. The first-order chi connectivity index (χ1) is 10.0. The third kappa shape index (κ3) is 3.79. The zero-order chi connectivity index (χ0) is 15.4. The monoisotopic (exact) mass is 287 g/mol. The molecule has 0 spiro atoms. The highest BCUT2D eigenvalue weighted by Crippen LogP contribution is 2.27. The summed E-state index contributed by atoms with van der Waals surface area (Å²) in [7, 11) is 0. The van der Waals surface area contributed by atoms with Gasteiger partial charge in [0.05, 0.1) is 12.2 Å². The minimum Gasteiger partial charge on any atom is -0.366 e. The second-order valence-corrected chi connectivity index (χ2v) is 5.28. The minimum absolute atomic E-state index is 0.213. The highest BCUT2D eigenvalue weighted by Gasteiger charge is 2.14. The average molecular weight is 287 g/mol. The van der Waals surface area contributed by atoms with Crippen molar-refractivity contribution in [2.24, 2.45) is 5.73 Å². The Hall–Kier alpha value is -1.94. The van der Waals surface area contributed by atoms with Gasteiger partial charge in [0.1, 0.15) is 5.82 Å². The number of benzene rings is 1. The fourth-order valence-corrected chi connectivity index (χ4v) is 2.43. The first-order valence-electron chi connectivity index (χ1n) is 7.23. The fourth-order valence-electron chi connectivity index (χ4n) is 2.43. The van der Waals surface area contributed by atoms with Gasteiger partial charge in [0.15, 0.2) is 0 Å². The van der Waals surface area contributed by atoms with Gasteiger partial charge in [-0.1, -0.05) is 6.07 Å². The van der Waals surface area contributed by atoms with Crippen molar-refractivity contribution in [3.05, 3.63) is 59.2 Å². The van der Waals surface area contributed by atoms with Crippen LogP contribution >= 0.6 is 0 Å². The molecule has 0 aliphatic heterocycles. The largest absolute Gasteiger partial charge is 0.366 e. The number of nitrogens with zero attached hydrogens (tertiary/aromatic N) is 2. The number of halogens is 1. The normalized spacial score (nSPS) is 12.2. The van der Waals surface area contributed by atoms with Crippen molar-refractivity contribution in [3.63, 3.8) is 0 Å². The van der Waals surface area contributed by atoms with E-state index in [1.807, 2.05) is 32.0 Å². The molecule has 2 aromatic rings.